The molecule has 0 saturated heterocycles. The van der Waals surface area contributed by atoms with Crippen LogP contribution in [-0.2, 0) is 6.54 Å². The Balaban J connectivity index is 0.00000121. The van der Waals surface area contributed by atoms with Crippen LogP contribution in [0.3, 0.4) is 0 Å². The molecule has 0 saturated carbocycles. The highest BCUT2D eigenvalue weighted by atomic mass is 35.5. The predicted molar refractivity (Wildman–Crippen MR) is 43.5 cm³/mol. The molecule has 0 aliphatic heterocycles. The normalized spacial score (nSPS) is 10.0. The van der Waals surface area contributed by atoms with Gasteiger partial charge in [-0.1, -0.05) is 0 Å². The number of nitrogens with zero attached hydrogens (tertiary/aromatic N) is 2. The average Bonchev–Trinajstić information content (AvgIpc) is 2.37. The van der Waals surface area contributed by atoms with Gasteiger partial charge in [0.2, 0.25) is 0 Å². The van der Waals surface area contributed by atoms with Gasteiger partial charge in [-0.2, -0.15) is 13.9 Å². The van der Waals surface area contributed by atoms with E-state index in [2.05, 4.69) is 10.4 Å². The monoisotopic (exact) mass is 197 g/mol. The van der Waals surface area contributed by atoms with Gasteiger partial charge in [-0.25, -0.2) is 4.68 Å². The van der Waals surface area contributed by atoms with E-state index in [1.54, 1.807) is 7.05 Å². The zero-order valence-corrected chi connectivity index (χ0v) is 7.31. The summed E-state index contributed by atoms with van der Waals surface area (Å²) < 4.78 is 24.4. The summed E-state index contributed by atoms with van der Waals surface area (Å²) in [7, 11) is 1.75. The van der Waals surface area contributed by atoms with E-state index in [1.807, 2.05) is 0 Å². The molecule has 3 nitrogen and oxygen atoms in total. The van der Waals surface area contributed by atoms with Gasteiger partial charge in [0.05, 0.1) is 6.20 Å². The fraction of sp³-hybridized carbons (Fsp3) is 0.500. The van der Waals surface area contributed by atoms with E-state index < -0.39 is 6.55 Å². The van der Waals surface area contributed by atoms with Crippen molar-refractivity contribution >= 4 is 12.4 Å². The lowest BCUT2D eigenvalue weighted by Gasteiger charge is -1.95. The summed E-state index contributed by atoms with van der Waals surface area (Å²) in [5.41, 5.74) is 0.757. The first-order valence-corrected chi connectivity index (χ1v) is 3.20. The van der Waals surface area contributed by atoms with Crippen molar-refractivity contribution in [1.82, 2.24) is 15.1 Å². The van der Waals surface area contributed by atoms with Gasteiger partial charge in [-0.3, -0.25) is 0 Å². The molecule has 0 fully saturated rings. The van der Waals surface area contributed by atoms with Gasteiger partial charge in [-0.15, -0.1) is 12.4 Å². The van der Waals surface area contributed by atoms with E-state index in [0.29, 0.717) is 11.2 Å². The van der Waals surface area contributed by atoms with Crippen LogP contribution >= 0.6 is 12.4 Å². The fourth-order valence-electron chi connectivity index (χ4n) is 0.780. The fourth-order valence-corrected chi connectivity index (χ4v) is 0.780. The van der Waals surface area contributed by atoms with E-state index in [1.165, 1.54) is 12.4 Å². The third-order valence-electron chi connectivity index (χ3n) is 1.24. The second-order valence-electron chi connectivity index (χ2n) is 2.14. The first kappa shape index (κ1) is 11.3. The lowest BCUT2D eigenvalue weighted by Crippen LogP contribution is -2.04. The second kappa shape index (κ2) is 5.05. The summed E-state index contributed by atoms with van der Waals surface area (Å²) in [5.74, 6) is 0. The molecule has 1 aromatic heterocycles. The minimum absolute atomic E-state index is 0. The number of aromatic nitrogens is 2. The molecule has 0 spiro atoms. The number of alkyl halides is 2. The highest BCUT2D eigenvalue weighted by molar-refractivity contribution is 5.85. The maximum Gasteiger partial charge on any atom is 0.333 e. The third-order valence-corrected chi connectivity index (χ3v) is 1.24. The van der Waals surface area contributed by atoms with E-state index >= 15 is 0 Å². The topological polar surface area (TPSA) is 29.9 Å². The minimum Gasteiger partial charge on any atom is -0.316 e. The summed E-state index contributed by atoms with van der Waals surface area (Å²) in [6, 6.07) is 0. The SMILES string of the molecule is CNCc1cnn(C(F)F)c1.Cl. The lowest BCUT2D eigenvalue weighted by molar-refractivity contribution is 0.0565. The molecule has 1 rings (SSSR count). The van der Waals surface area contributed by atoms with Crippen LogP contribution in [0, 0.1) is 0 Å². The van der Waals surface area contributed by atoms with Crippen LogP contribution in [0.2, 0.25) is 0 Å². The Morgan fingerprint density at radius 3 is 2.75 bits per heavy atom. The third kappa shape index (κ3) is 2.75. The van der Waals surface area contributed by atoms with Crippen LogP contribution in [0.1, 0.15) is 12.1 Å². The zero-order valence-electron chi connectivity index (χ0n) is 6.50. The van der Waals surface area contributed by atoms with E-state index in [4.69, 9.17) is 0 Å². The van der Waals surface area contributed by atoms with Crippen LogP contribution in [0.5, 0.6) is 0 Å². The Morgan fingerprint density at radius 1 is 1.67 bits per heavy atom. The number of nitrogens with one attached hydrogen (secondary N) is 1. The minimum atomic E-state index is -2.54. The first-order valence-electron chi connectivity index (χ1n) is 3.20. The van der Waals surface area contributed by atoms with Crippen LogP contribution in [-0.4, -0.2) is 16.8 Å². The van der Waals surface area contributed by atoms with Gasteiger partial charge in [0.25, 0.3) is 0 Å². The molecule has 6 heteroatoms. The lowest BCUT2D eigenvalue weighted by atomic mass is 10.4. The Kier molecular flexibility index (Phi) is 4.77. The number of hydrogen-bond donors (Lipinski definition) is 1. The smallest absolute Gasteiger partial charge is 0.316 e. The number of rotatable bonds is 3. The quantitative estimate of drug-likeness (QED) is 0.795. The molecule has 0 aliphatic rings. The molecule has 0 radical (unpaired) electrons. The van der Waals surface area contributed by atoms with Crippen molar-refractivity contribution in [2.75, 3.05) is 7.05 Å². The van der Waals surface area contributed by atoms with Crippen LogP contribution in [0.25, 0.3) is 0 Å². The summed E-state index contributed by atoms with van der Waals surface area (Å²) in [4.78, 5) is 0. The zero-order chi connectivity index (χ0) is 8.27. The van der Waals surface area contributed by atoms with Crippen molar-refractivity contribution in [1.29, 1.82) is 0 Å². The van der Waals surface area contributed by atoms with Crippen molar-refractivity contribution in [3.63, 3.8) is 0 Å². The largest absolute Gasteiger partial charge is 0.333 e. The maximum atomic E-state index is 11.9. The summed E-state index contributed by atoms with van der Waals surface area (Å²) in [6.07, 6.45) is 2.74. The van der Waals surface area contributed by atoms with Crippen molar-refractivity contribution < 1.29 is 8.78 Å². The van der Waals surface area contributed by atoms with Gasteiger partial charge in [0.1, 0.15) is 0 Å². The van der Waals surface area contributed by atoms with Gasteiger partial charge in [0.15, 0.2) is 0 Å². The molecule has 0 atom stereocenters. The van der Waals surface area contributed by atoms with Crippen LogP contribution in [0.15, 0.2) is 12.4 Å². The maximum absolute atomic E-state index is 11.9. The molecule has 1 aromatic rings. The van der Waals surface area contributed by atoms with Gasteiger partial charge in [0, 0.05) is 18.3 Å². The molecule has 0 aromatic carbocycles. The standard InChI is InChI=1S/C6H9F2N3.ClH/c1-9-2-5-3-10-11(4-5)6(7)8;/h3-4,6,9H,2H2,1H3;1H. The number of hydrogen-bond acceptors (Lipinski definition) is 2. The molecule has 1 N–H and O–H groups in total. The second-order valence-corrected chi connectivity index (χ2v) is 2.14. The average molecular weight is 198 g/mol. The van der Waals surface area contributed by atoms with E-state index in [-0.39, 0.29) is 12.4 Å². The molecule has 0 aliphatic carbocycles. The molecule has 0 bridgehead atoms. The molecule has 1 heterocycles. The van der Waals surface area contributed by atoms with Gasteiger partial charge < -0.3 is 5.32 Å². The summed E-state index contributed by atoms with van der Waals surface area (Å²) in [6.45, 7) is -1.98. The summed E-state index contributed by atoms with van der Waals surface area (Å²) in [5, 5.41) is 6.30. The van der Waals surface area contributed by atoms with E-state index in [9.17, 15) is 8.78 Å². The Morgan fingerprint density at radius 2 is 2.33 bits per heavy atom. The van der Waals surface area contributed by atoms with Crippen molar-refractivity contribution in [2.45, 2.75) is 13.1 Å². The molecule has 0 unspecified atom stereocenters. The molecule has 12 heavy (non-hydrogen) atoms. The Hall–Kier alpha value is -0.680. The molecular formula is C6H10ClF2N3. The Bertz CT molecular complexity index is 226. The Labute approximate surface area is 75.2 Å². The van der Waals surface area contributed by atoms with Gasteiger partial charge >= 0.3 is 6.55 Å². The van der Waals surface area contributed by atoms with Crippen molar-refractivity contribution in [3.8, 4) is 0 Å². The van der Waals surface area contributed by atoms with E-state index in [0.717, 1.165) is 5.56 Å². The van der Waals surface area contributed by atoms with Crippen molar-refractivity contribution in [2.24, 2.45) is 0 Å². The van der Waals surface area contributed by atoms with Crippen molar-refractivity contribution in [3.05, 3.63) is 18.0 Å². The van der Waals surface area contributed by atoms with Gasteiger partial charge in [-0.05, 0) is 7.05 Å². The number of halogens is 3. The molecular weight excluding hydrogens is 188 g/mol. The first-order chi connectivity index (χ1) is 5.24. The molecule has 0 amide bonds. The van der Waals surface area contributed by atoms with Crippen LogP contribution in [0.4, 0.5) is 8.78 Å². The highest BCUT2D eigenvalue weighted by Crippen LogP contribution is 2.08. The van der Waals surface area contributed by atoms with Crippen LogP contribution < -0.4 is 5.32 Å². The predicted octanol–water partition coefficient (Wildman–Crippen LogP) is 1.42. The highest BCUT2D eigenvalue weighted by Gasteiger charge is 2.05. The molecule has 70 valence electrons. The summed E-state index contributed by atoms with van der Waals surface area (Å²) >= 11 is 0.